The first-order chi connectivity index (χ1) is 7.88. The van der Waals surface area contributed by atoms with Gasteiger partial charge in [0.1, 0.15) is 5.75 Å². The fourth-order valence-corrected chi connectivity index (χ4v) is 2.02. The van der Waals surface area contributed by atoms with Gasteiger partial charge in [0.05, 0.1) is 25.5 Å². The van der Waals surface area contributed by atoms with Crippen LogP contribution in [-0.2, 0) is 25.8 Å². The monoisotopic (exact) mass is 258 g/mol. The molecule has 94 valence electrons. The van der Waals surface area contributed by atoms with Crippen molar-refractivity contribution in [2.75, 3.05) is 20.5 Å². The molecule has 5 nitrogen and oxygen atoms in total. The van der Waals surface area contributed by atoms with Gasteiger partial charge in [-0.25, -0.2) is 8.42 Å². The number of carbonyl (C=O) groups excluding carboxylic acids is 1. The largest absolute Gasteiger partial charge is 0.496 e. The molecule has 1 aromatic carbocycles. The molecule has 0 aliphatic heterocycles. The number of methoxy groups -OCH3 is 2. The maximum absolute atomic E-state index is 11.4. The summed E-state index contributed by atoms with van der Waals surface area (Å²) in [4.78, 5) is 11.3. The Morgan fingerprint density at radius 3 is 2.41 bits per heavy atom. The molecule has 0 saturated heterocycles. The van der Waals surface area contributed by atoms with E-state index in [1.54, 1.807) is 0 Å². The zero-order valence-corrected chi connectivity index (χ0v) is 10.7. The highest BCUT2D eigenvalue weighted by Gasteiger charge is 2.14. The van der Waals surface area contributed by atoms with Gasteiger partial charge in [-0.2, -0.15) is 0 Å². The normalized spacial score (nSPS) is 11.0. The van der Waals surface area contributed by atoms with Crippen LogP contribution in [-0.4, -0.2) is 34.9 Å². The van der Waals surface area contributed by atoms with Crippen LogP contribution in [0.3, 0.4) is 0 Å². The van der Waals surface area contributed by atoms with Crippen LogP contribution in [0.4, 0.5) is 0 Å². The molecule has 0 atom stereocenters. The lowest BCUT2D eigenvalue weighted by molar-refractivity contribution is -0.139. The fourth-order valence-electron chi connectivity index (χ4n) is 1.35. The number of carbonyl (C=O) groups is 1. The minimum Gasteiger partial charge on any atom is -0.496 e. The summed E-state index contributed by atoms with van der Waals surface area (Å²) in [5.74, 6) is 0.0109. The zero-order chi connectivity index (χ0) is 13.1. The Hall–Kier alpha value is -1.56. The molecular weight excluding hydrogens is 244 g/mol. The molecule has 0 amide bonds. The van der Waals surface area contributed by atoms with Gasteiger partial charge in [-0.1, -0.05) is 0 Å². The molecule has 1 rings (SSSR count). The molecule has 0 N–H and O–H groups in total. The van der Waals surface area contributed by atoms with Crippen LogP contribution in [0.25, 0.3) is 0 Å². The summed E-state index contributed by atoms with van der Waals surface area (Å²) < 4.78 is 32.4. The lowest BCUT2D eigenvalue weighted by Gasteiger charge is -2.09. The molecule has 0 aliphatic rings. The van der Waals surface area contributed by atoms with E-state index in [1.807, 2.05) is 0 Å². The van der Waals surface area contributed by atoms with Gasteiger partial charge in [0.25, 0.3) is 0 Å². The highest BCUT2D eigenvalue weighted by molar-refractivity contribution is 7.90. The molecule has 6 heteroatoms. The predicted molar refractivity (Wildman–Crippen MR) is 61.8 cm³/mol. The predicted octanol–water partition coefficient (Wildman–Crippen LogP) is 0.814. The molecule has 0 unspecified atom stereocenters. The average Bonchev–Trinajstić information content (AvgIpc) is 2.27. The fraction of sp³-hybridized carbons (Fsp3) is 0.364. The van der Waals surface area contributed by atoms with Gasteiger partial charge in [0, 0.05) is 11.8 Å². The number of sulfone groups is 1. The van der Waals surface area contributed by atoms with E-state index in [-0.39, 0.29) is 11.3 Å². The Bertz CT molecular complexity index is 519. The van der Waals surface area contributed by atoms with Crippen LogP contribution in [0.15, 0.2) is 23.1 Å². The topological polar surface area (TPSA) is 69.7 Å². The van der Waals surface area contributed by atoms with Gasteiger partial charge >= 0.3 is 5.97 Å². The highest BCUT2D eigenvalue weighted by Crippen LogP contribution is 2.23. The van der Waals surface area contributed by atoms with E-state index >= 15 is 0 Å². The zero-order valence-electron chi connectivity index (χ0n) is 9.89. The Kier molecular flexibility index (Phi) is 4.11. The maximum atomic E-state index is 11.4. The molecule has 1 aromatic rings. The highest BCUT2D eigenvalue weighted by atomic mass is 32.2. The lowest BCUT2D eigenvalue weighted by Crippen LogP contribution is -2.07. The molecule has 0 spiro atoms. The number of benzene rings is 1. The Balaban J connectivity index is 3.20. The standard InChI is InChI=1S/C11H14O5S/c1-15-10-5-4-9(17(3,13)14)6-8(10)7-11(12)16-2/h4-6H,7H2,1-3H3. The van der Waals surface area contributed by atoms with Crippen molar-refractivity contribution < 1.29 is 22.7 Å². The van der Waals surface area contributed by atoms with Crippen LogP contribution < -0.4 is 4.74 Å². The van der Waals surface area contributed by atoms with Crippen molar-refractivity contribution in [3.05, 3.63) is 23.8 Å². The molecule has 0 aromatic heterocycles. The first-order valence-electron chi connectivity index (χ1n) is 4.82. The maximum Gasteiger partial charge on any atom is 0.310 e. The minimum atomic E-state index is -3.30. The number of esters is 1. The number of rotatable bonds is 4. The van der Waals surface area contributed by atoms with Gasteiger partial charge in [0.2, 0.25) is 0 Å². The summed E-state index contributed by atoms with van der Waals surface area (Å²) in [6, 6.07) is 4.38. The average molecular weight is 258 g/mol. The number of hydrogen-bond acceptors (Lipinski definition) is 5. The third-order valence-corrected chi connectivity index (χ3v) is 3.35. The SMILES string of the molecule is COC(=O)Cc1cc(S(C)(=O)=O)ccc1OC. The number of hydrogen-bond donors (Lipinski definition) is 0. The molecule has 0 saturated carbocycles. The lowest BCUT2D eigenvalue weighted by atomic mass is 10.1. The molecule has 0 bridgehead atoms. The molecular formula is C11H14O5S. The first-order valence-corrected chi connectivity index (χ1v) is 6.71. The van der Waals surface area contributed by atoms with E-state index in [0.717, 1.165) is 6.26 Å². The van der Waals surface area contributed by atoms with Crippen LogP contribution in [0, 0.1) is 0 Å². The Morgan fingerprint density at radius 1 is 1.29 bits per heavy atom. The van der Waals surface area contributed by atoms with E-state index in [1.165, 1.54) is 32.4 Å². The molecule has 0 radical (unpaired) electrons. The van der Waals surface area contributed by atoms with Gasteiger partial charge in [-0.15, -0.1) is 0 Å². The summed E-state index contributed by atoms with van der Waals surface area (Å²) in [5, 5.41) is 0. The second-order valence-corrected chi connectivity index (χ2v) is 5.51. The van der Waals surface area contributed by atoms with Gasteiger partial charge < -0.3 is 9.47 Å². The quantitative estimate of drug-likeness (QED) is 0.748. The van der Waals surface area contributed by atoms with Crippen molar-refractivity contribution in [1.82, 2.24) is 0 Å². The molecule has 0 aliphatic carbocycles. The Labute approximate surface area is 100 Å². The van der Waals surface area contributed by atoms with Crippen molar-refractivity contribution in [2.45, 2.75) is 11.3 Å². The first kappa shape index (κ1) is 13.5. The van der Waals surface area contributed by atoms with Crippen molar-refractivity contribution >= 4 is 15.8 Å². The van der Waals surface area contributed by atoms with E-state index < -0.39 is 15.8 Å². The van der Waals surface area contributed by atoms with Crippen molar-refractivity contribution in [1.29, 1.82) is 0 Å². The smallest absolute Gasteiger partial charge is 0.310 e. The van der Waals surface area contributed by atoms with E-state index in [0.29, 0.717) is 11.3 Å². The molecule has 0 fully saturated rings. The molecule has 0 heterocycles. The van der Waals surface area contributed by atoms with Gasteiger partial charge in [-0.3, -0.25) is 4.79 Å². The van der Waals surface area contributed by atoms with Crippen molar-refractivity contribution in [3.8, 4) is 5.75 Å². The van der Waals surface area contributed by atoms with E-state index in [9.17, 15) is 13.2 Å². The van der Waals surface area contributed by atoms with Crippen LogP contribution >= 0.6 is 0 Å². The summed E-state index contributed by atoms with van der Waals surface area (Å²) in [7, 11) is -0.573. The van der Waals surface area contributed by atoms with Crippen molar-refractivity contribution in [2.24, 2.45) is 0 Å². The van der Waals surface area contributed by atoms with Crippen molar-refractivity contribution in [3.63, 3.8) is 0 Å². The number of ether oxygens (including phenoxy) is 2. The van der Waals surface area contributed by atoms with Crippen LogP contribution in [0.1, 0.15) is 5.56 Å². The third-order valence-electron chi connectivity index (χ3n) is 2.24. The van der Waals surface area contributed by atoms with Crippen LogP contribution in [0.2, 0.25) is 0 Å². The van der Waals surface area contributed by atoms with E-state index in [2.05, 4.69) is 4.74 Å². The molecule has 17 heavy (non-hydrogen) atoms. The summed E-state index contributed by atoms with van der Waals surface area (Å²) in [6.45, 7) is 0. The summed E-state index contributed by atoms with van der Waals surface area (Å²) in [5.41, 5.74) is 0.488. The third kappa shape index (κ3) is 3.45. The van der Waals surface area contributed by atoms with Gasteiger partial charge in [-0.05, 0) is 18.2 Å². The van der Waals surface area contributed by atoms with Crippen LogP contribution in [0.5, 0.6) is 5.75 Å². The second kappa shape index (κ2) is 5.18. The minimum absolute atomic E-state index is 0.0248. The van der Waals surface area contributed by atoms with Gasteiger partial charge in [0.15, 0.2) is 9.84 Å². The summed E-state index contributed by atoms with van der Waals surface area (Å²) >= 11 is 0. The second-order valence-electron chi connectivity index (χ2n) is 3.50. The summed E-state index contributed by atoms with van der Waals surface area (Å²) in [6.07, 6.45) is 1.08. The Morgan fingerprint density at radius 2 is 1.94 bits per heavy atom. The van der Waals surface area contributed by atoms with E-state index in [4.69, 9.17) is 4.74 Å².